The number of aryl methyl sites for hydroxylation is 6. The van der Waals surface area contributed by atoms with E-state index < -0.39 is 0 Å². The molecule has 13 nitrogen and oxygen atoms in total. The van der Waals surface area contributed by atoms with Crippen LogP contribution in [0.3, 0.4) is 0 Å². The number of rotatable bonds is 7. The van der Waals surface area contributed by atoms with E-state index in [9.17, 15) is 14.4 Å². The molecule has 0 saturated carbocycles. The summed E-state index contributed by atoms with van der Waals surface area (Å²) < 4.78 is 5.31. The van der Waals surface area contributed by atoms with Crippen LogP contribution in [0.15, 0.2) is 136 Å². The average molecular weight is 826 g/mol. The van der Waals surface area contributed by atoms with Gasteiger partial charge in [0.15, 0.2) is 11.6 Å². The van der Waals surface area contributed by atoms with Crippen molar-refractivity contribution in [2.75, 3.05) is 23.1 Å². The van der Waals surface area contributed by atoms with Gasteiger partial charge in [-0.05, 0) is 164 Å². The highest BCUT2D eigenvalue weighted by molar-refractivity contribution is 5.94. The molecular weight excluding hydrogens is 779 g/mol. The fourth-order valence-corrected chi connectivity index (χ4v) is 7.49. The Labute approximate surface area is 357 Å². The molecule has 0 spiro atoms. The second-order valence-electron chi connectivity index (χ2n) is 14.7. The van der Waals surface area contributed by atoms with Crippen molar-refractivity contribution in [3.8, 4) is 5.75 Å². The van der Waals surface area contributed by atoms with E-state index in [1.165, 1.54) is 0 Å². The molecule has 0 aliphatic heterocycles. The number of anilines is 6. The number of aromatic amines is 3. The first-order valence-electron chi connectivity index (χ1n) is 19.9. The van der Waals surface area contributed by atoms with Crippen LogP contribution in [0.4, 0.5) is 34.5 Å². The van der Waals surface area contributed by atoms with E-state index in [1.54, 1.807) is 44.3 Å². The van der Waals surface area contributed by atoms with E-state index in [-0.39, 0.29) is 16.7 Å². The number of fused-ring (bicyclic) bond motifs is 3. The summed E-state index contributed by atoms with van der Waals surface area (Å²) >= 11 is 0. The first-order chi connectivity index (χ1) is 29.9. The molecule has 13 heteroatoms. The molecule has 6 N–H and O–H groups in total. The number of H-pyrrole nitrogens is 3. The van der Waals surface area contributed by atoms with Gasteiger partial charge in [0.2, 0.25) is 0 Å². The highest BCUT2D eigenvalue weighted by atomic mass is 16.5. The maximum atomic E-state index is 12.0. The Kier molecular flexibility index (Phi) is 12.5. The first kappa shape index (κ1) is 42.1. The minimum Gasteiger partial charge on any atom is -0.493 e. The van der Waals surface area contributed by atoms with Crippen LogP contribution in [0.1, 0.15) is 33.4 Å². The zero-order valence-electron chi connectivity index (χ0n) is 35.5. The van der Waals surface area contributed by atoms with Crippen LogP contribution < -0.4 is 37.4 Å². The summed E-state index contributed by atoms with van der Waals surface area (Å²) in [6, 6.07) is 26.8. The summed E-state index contributed by atoms with van der Waals surface area (Å²) in [5.41, 5.74) is 8.59. The fraction of sp³-hybridized carbons (Fsp3) is 0.143. The fourth-order valence-electron chi connectivity index (χ4n) is 7.49. The molecule has 0 radical (unpaired) electrons. The molecule has 0 unspecified atom stereocenters. The summed E-state index contributed by atoms with van der Waals surface area (Å²) in [5, 5.41) is 15.0. The molecule has 0 bridgehead atoms. The normalized spacial score (nSPS) is 10.7. The number of ether oxygens (including phenoxy) is 1. The number of nitrogens with zero attached hydrogens (tertiary/aromatic N) is 3. The topological polar surface area (TPSA) is 183 Å². The third kappa shape index (κ3) is 8.92. The largest absolute Gasteiger partial charge is 0.493 e. The van der Waals surface area contributed by atoms with Crippen LogP contribution in [0.5, 0.6) is 5.75 Å². The molecular formula is C49H47N9O4. The lowest BCUT2D eigenvalue weighted by Gasteiger charge is -2.15. The number of methoxy groups -OCH3 is 1. The zero-order valence-corrected chi connectivity index (χ0v) is 35.5. The van der Waals surface area contributed by atoms with E-state index in [2.05, 4.69) is 45.9 Å². The molecule has 62 heavy (non-hydrogen) atoms. The maximum absolute atomic E-state index is 12.0. The Balaban J connectivity index is 0.000000140. The van der Waals surface area contributed by atoms with Gasteiger partial charge < -0.3 is 35.6 Å². The van der Waals surface area contributed by atoms with Crippen LogP contribution in [0.25, 0.3) is 32.3 Å². The summed E-state index contributed by atoms with van der Waals surface area (Å²) in [7, 11) is 1.61. The molecule has 9 aromatic rings. The third-order valence-electron chi connectivity index (χ3n) is 10.7. The predicted molar refractivity (Wildman–Crippen MR) is 251 cm³/mol. The highest BCUT2D eigenvalue weighted by Gasteiger charge is 2.13. The van der Waals surface area contributed by atoms with E-state index in [0.29, 0.717) is 11.6 Å². The Morgan fingerprint density at radius 2 is 0.855 bits per heavy atom. The minimum absolute atomic E-state index is 0.0486. The van der Waals surface area contributed by atoms with Crippen molar-refractivity contribution in [3.05, 3.63) is 187 Å². The molecule has 6 heterocycles. The Morgan fingerprint density at radius 1 is 0.468 bits per heavy atom. The van der Waals surface area contributed by atoms with Gasteiger partial charge in [0, 0.05) is 54.2 Å². The second kappa shape index (κ2) is 18.5. The van der Waals surface area contributed by atoms with E-state index >= 15 is 0 Å². The van der Waals surface area contributed by atoms with Gasteiger partial charge in [-0.3, -0.25) is 14.4 Å². The highest BCUT2D eigenvalue weighted by Crippen LogP contribution is 2.32. The summed E-state index contributed by atoms with van der Waals surface area (Å²) in [6.45, 7) is 11.8. The van der Waals surface area contributed by atoms with Crippen molar-refractivity contribution in [2.24, 2.45) is 0 Å². The van der Waals surface area contributed by atoms with E-state index in [0.717, 1.165) is 94.4 Å². The van der Waals surface area contributed by atoms with Crippen molar-refractivity contribution in [1.29, 1.82) is 0 Å². The van der Waals surface area contributed by atoms with Crippen LogP contribution in [0, 0.1) is 41.5 Å². The minimum atomic E-state index is -0.0694. The van der Waals surface area contributed by atoms with Gasteiger partial charge in [-0.2, -0.15) is 0 Å². The van der Waals surface area contributed by atoms with Crippen LogP contribution >= 0.6 is 0 Å². The van der Waals surface area contributed by atoms with Gasteiger partial charge >= 0.3 is 0 Å². The van der Waals surface area contributed by atoms with Gasteiger partial charge in [0.1, 0.15) is 11.6 Å². The Bertz CT molecular complexity index is 3090. The van der Waals surface area contributed by atoms with E-state index in [1.807, 2.05) is 126 Å². The quantitative estimate of drug-likeness (QED) is 0.0905. The van der Waals surface area contributed by atoms with Gasteiger partial charge in [-0.25, -0.2) is 15.0 Å². The first-order valence-corrected chi connectivity index (χ1v) is 19.9. The van der Waals surface area contributed by atoms with Gasteiger partial charge in [0.05, 0.1) is 23.3 Å². The average Bonchev–Trinajstić information content (AvgIpc) is 3.27. The van der Waals surface area contributed by atoms with Crippen molar-refractivity contribution < 1.29 is 4.74 Å². The predicted octanol–water partition coefficient (Wildman–Crippen LogP) is 9.86. The Hall–Kier alpha value is -8.06. The SMILES string of the molecule is COc1cccnc1Nc1cc(C)c2c(=O)[nH]ccc2c1C.Cc1c(Nc2ccccn2)cc(C)c2c(=O)[nH]ccc12.Cc1c(Nc2ccccn2)cc(C)c2c(=O)[nH]ccc12. The number of benzene rings is 3. The number of hydrogen-bond donors (Lipinski definition) is 6. The molecule has 6 aromatic heterocycles. The van der Waals surface area contributed by atoms with E-state index in [4.69, 9.17) is 4.74 Å². The van der Waals surface area contributed by atoms with Crippen molar-refractivity contribution in [2.45, 2.75) is 41.5 Å². The molecule has 0 aliphatic carbocycles. The smallest absolute Gasteiger partial charge is 0.256 e. The van der Waals surface area contributed by atoms with Gasteiger partial charge in [-0.15, -0.1) is 0 Å². The number of pyridine rings is 6. The lowest BCUT2D eigenvalue weighted by atomic mass is 10.0. The molecule has 3 aromatic carbocycles. The Morgan fingerprint density at radius 3 is 1.23 bits per heavy atom. The van der Waals surface area contributed by atoms with Crippen LogP contribution in [-0.4, -0.2) is 37.0 Å². The van der Waals surface area contributed by atoms with Gasteiger partial charge in [-0.1, -0.05) is 12.1 Å². The summed E-state index contributed by atoms with van der Waals surface area (Å²) in [6.07, 6.45) is 10.2. The lowest BCUT2D eigenvalue weighted by molar-refractivity contribution is 0.415. The molecule has 0 aliphatic rings. The van der Waals surface area contributed by atoms with Crippen LogP contribution in [-0.2, 0) is 0 Å². The third-order valence-corrected chi connectivity index (χ3v) is 10.7. The monoisotopic (exact) mass is 825 g/mol. The molecule has 0 amide bonds. The molecule has 0 fully saturated rings. The standard InChI is InChI=1S/C17H17N3O2.2C16H15N3O/c1-10-9-13(20-16-14(22-3)5-4-7-18-16)11(2)12-6-8-19-17(21)15(10)12;2*1-10-9-13(19-14-5-3-4-7-17-14)11(2)12-6-8-18-16(20)15(10)12/h4-9H,1-3H3,(H,18,20)(H,19,21);2*3-9H,1-2H3,(H,17,19)(H,18,20). The molecule has 0 atom stereocenters. The number of nitrogens with one attached hydrogen (secondary N) is 6. The zero-order chi connectivity index (χ0) is 43.9. The molecule has 9 rings (SSSR count). The number of aromatic nitrogens is 6. The van der Waals surface area contributed by atoms with Crippen molar-refractivity contribution in [1.82, 2.24) is 29.9 Å². The molecule has 312 valence electrons. The van der Waals surface area contributed by atoms with Crippen LogP contribution in [0.2, 0.25) is 0 Å². The van der Waals surface area contributed by atoms with Crippen molar-refractivity contribution in [3.63, 3.8) is 0 Å². The summed E-state index contributed by atoms with van der Waals surface area (Å²) in [4.78, 5) is 56.9. The maximum Gasteiger partial charge on any atom is 0.256 e. The summed E-state index contributed by atoms with van der Waals surface area (Å²) in [5.74, 6) is 2.90. The number of hydrogen-bond acceptors (Lipinski definition) is 10. The lowest BCUT2D eigenvalue weighted by Crippen LogP contribution is -2.08. The second-order valence-corrected chi connectivity index (χ2v) is 14.7. The molecule has 0 saturated heterocycles. The van der Waals surface area contributed by atoms with Crippen molar-refractivity contribution >= 4 is 66.8 Å². The van der Waals surface area contributed by atoms with Gasteiger partial charge in [0.25, 0.3) is 16.7 Å².